The van der Waals surface area contributed by atoms with Gasteiger partial charge in [0.15, 0.2) is 0 Å². The summed E-state index contributed by atoms with van der Waals surface area (Å²) in [6, 6.07) is 8.98. The molecule has 1 heterocycles. The van der Waals surface area contributed by atoms with E-state index in [0.717, 1.165) is 5.56 Å². The van der Waals surface area contributed by atoms with Crippen LogP contribution in [0, 0.1) is 0 Å². The van der Waals surface area contributed by atoms with Crippen molar-refractivity contribution in [2.75, 3.05) is 13.1 Å². The molecule has 0 bridgehead atoms. The lowest BCUT2D eigenvalue weighted by Crippen LogP contribution is -2.45. The molecule has 1 aliphatic heterocycles. The smallest absolute Gasteiger partial charge is 0.410 e. The first-order valence-corrected chi connectivity index (χ1v) is 8.73. The van der Waals surface area contributed by atoms with Crippen LogP contribution in [-0.2, 0) is 20.8 Å². The number of carbonyl (C=O) groups is 2. The van der Waals surface area contributed by atoms with Crippen molar-refractivity contribution in [1.29, 1.82) is 0 Å². The molecule has 7 heteroatoms. The van der Waals surface area contributed by atoms with E-state index >= 15 is 0 Å². The van der Waals surface area contributed by atoms with Gasteiger partial charge < -0.3 is 24.4 Å². The lowest BCUT2D eigenvalue weighted by molar-refractivity contribution is 0.0451. The van der Waals surface area contributed by atoms with Crippen molar-refractivity contribution in [3.05, 3.63) is 54.5 Å². The third kappa shape index (κ3) is 6.72. The molecule has 1 aromatic carbocycles. The molecule has 146 valence electrons. The minimum Gasteiger partial charge on any atom is -0.486 e. The van der Waals surface area contributed by atoms with Gasteiger partial charge in [0, 0.05) is 6.54 Å². The highest BCUT2D eigenvalue weighted by molar-refractivity contribution is 5.70. The number of rotatable bonds is 5. The van der Waals surface area contributed by atoms with E-state index in [9.17, 15) is 9.59 Å². The molecule has 1 saturated heterocycles. The van der Waals surface area contributed by atoms with Crippen LogP contribution in [-0.4, -0.2) is 47.9 Å². The molecule has 27 heavy (non-hydrogen) atoms. The van der Waals surface area contributed by atoms with E-state index in [1.54, 1.807) is 20.8 Å². The van der Waals surface area contributed by atoms with E-state index in [1.807, 2.05) is 30.3 Å². The summed E-state index contributed by atoms with van der Waals surface area (Å²) < 4.78 is 16.1. The topological polar surface area (TPSA) is 77.1 Å². The van der Waals surface area contributed by atoms with E-state index in [2.05, 4.69) is 17.6 Å². The molecule has 2 atom stereocenters. The first kappa shape index (κ1) is 20.4. The Morgan fingerprint density at radius 1 is 1.30 bits per heavy atom. The van der Waals surface area contributed by atoms with E-state index < -0.39 is 29.9 Å². The van der Waals surface area contributed by atoms with Gasteiger partial charge in [0.1, 0.15) is 24.6 Å². The van der Waals surface area contributed by atoms with Gasteiger partial charge in [-0.2, -0.15) is 0 Å². The summed E-state index contributed by atoms with van der Waals surface area (Å²) in [6.07, 6.45) is -0.171. The summed E-state index contributed by atoms with van der Waals surface area (Å²) in [4.78, 5) is 25.9. The number of hydrogen-bond donors (Lipinski definition) is 1. The molecule has 0 aliphatic carbocycles. The minimum atomic E-state index is -0.617. The molecule has 0 radical (unpaired) electrons. The fourth-order valence-electron chi connectivity index (χ4n) is 2.60. The standard InChI is InChI=1S/C20H26N2O5/c1-5-11-25-17-13-22(12-16(17)21-18(23)27-20(2,3)4)19(24)26-14-15-9-7-6-8-10-15/h6-11,16-17H,1,12-14H2,2-4H3,(H,21,23)/t16-,17-/m1/s1. The van der Waals surface area contributed by atoms with E-state index in [4.69, 9.17) is 14.2 Å². The summed E-state index contributed by atoms with van der Waals surface area (Å²) in [7, 11) is 0. The second-order valence-corrected chi connectivity index (χ2v) is 7.19. The zero-order valence-corrected chi connectivity index (χ0v) is 15.9. The maximum Gasteiger partial charge on any atom is 0.410 e. The number of alkyl carbamates (subject to hydrolysis) is 1. The van der Waals surface area contributed by atoms with Gasteiger partial charge in [-0.15, -0.1) is 0 Å². The molecule has 0 spiro atoms. The number of benzene rings is 1. The highest BCUT2D eigenvalue weighted by Gasteiger charge is 2.38. The van der Waals surface area contributed by atoms with Crippen molar-refractivity contribution < 1.29 is 23.8 Å². The van der Waals surface area contributed by atoms with E-state index in [-0.39, 0.29) is 19.7 Å². The van der Waals surface area contributed by atoms with Crippen LogP contribution >= 0.6 is 0 Å². The van der Waals surface area contributed by atoms with Crippen LogP contribution in [0.25, 0.3) is 0 Å². The van der Waals surface area contributed by atoms with Gasteiger partial charge in [-0.1, -0.05) is 42.6 Å². The van der Waals surface area contributed by atoms with Crippen molar-refractivity contribution in [3.8, 4) is 0 Å². The summed E-state index contributed by atoms with van der Waals surface area (Å²) in [5.41, 5.74) is 2.80. The van der Waals surface area contributed by atoms with E-state index in [1.165, 1.54) is 11.2 Å². The second kappa shape index (κ2) is 9.14. The largest absolute Gasteiger partial charge is 0.486 e. The summed E-state index contributed by atoms with van der Waals surface area (Å²) in [5.74, 6) is 0. The van der Waals surface area contributed by atoms with Crippen molar-refractivity contribution in [2.24, 2.45) is 0 Å². The molecule has 0 aromatic heterocycles. The van der Waals surface area contributed by atoms with Gasteiger partial charge in [-0.25, -0.2) is 9.59 Å². The highest BCUT2D eigenvalue weighted by atomic mass is 16.6. The average molecular weight is 374 g/mol. The SMILES string of the molecule is C=C=CO[C@@H]1CN(C(=O)OCc2ccccc2)C[C@H]1NC(=O)OC(C)(C)C. The van der Waals surface area contributed by atoms with Gasteiger partial charge in [0.25, 0.3) is 0 Å². The molecular weight excluding hydrogens is 348 g/mol. The minimum absolute atomic E-state index is 0.179. The molecule has 0 saturated carbocycles. The molecule has 1 aromatic rings. The Kier molecular flexibility index (Phi) is 6.91. The number of nitrogens with zero attached hydrogens (tertiary/aromatic N) is 1. The van der Waals surface area contributed by atoms with Crippen LogP contribution in [0.3, 0.4) is 0 Å². The van der Waals surface area contributed by atoms with Crippen molar-refractivity contribution in [2.45, 2.75) is 45.1 Å². The number of hydrogen-bond acceptors (Lipinski definition) is 5. The Hall–Kier alpha value is -2.92. The van der Waals surface area contributed by atoms with Crippen LogP contribution < -0.4 is 5.32 Å². The van der Waals surface area contributed by atoms with Crippen LogP contribution in [0.15, 0.2) is 48.9 Å². The van der Waals surface area contributed by atoms with Crippen LogP contribution in [0.5, 0.6) is 0 Å². The summed E-state index contributed by atoms with van der Waals surface area (Å²) in [6.45, 7) is 9.49. The first-order chi connectivity index (χ1) is 12.8. The average Bonchev–Trinajstić information content (AvgIpc) is 2.99. The van der Waals surface area contributed by atoms with Gasteiger partial charge in [-0.3, -0.25) is 0 Å². The fraction of sp³-hybridized carbons (Fsp3) is 0.450. The number of nitrogens with one attached hydrogen (secondary N) is 1. The third-order valence-corrected chi connectivity index (χ3v) is 3.76. The number of amides is 2. The summed E-state index contributed by atoms with van der Waals surface area (Å²) in [5, 5.41) is 2.75. The van der Waals surface area contributed by atoms with Gasteiger partial charge in [0.05, 0.1) is 12.6 Å². The zero-order chi connectivity index (χ0) is 19.9. The predicted molar refractivity (Wildman–Crippen MR) is 99.9 cm³/mol. The van der Waals surface area contributed by atoms with Crippen molar-refractivity contribution >= 4 is 12.2 Å². The Morgan fingerprint density at radius 3 is 2.63 bits per heavy atom. The number of ether oxygens (including phenoxy) is 3. The van der Waals surface area contributed by atoms with Gasteiger partial charge in [-0.05, 0) is 26.3 Å². The molecule has 2 rings (SSSR count). The number of carbonyl (C=O) groups excluding carboxylic acids is 2. The number of likely N-dealkylation sites (tertiary alicyclic amines) is 1. The van der Waals surface area contributed by atoms with Gasteiger partial charge >= 0.3 is 12.2 Å². The van der Waals surface area contributed by atoms with Crippen molar-refractivity contribution in [1.82, 2.24) is 10.2 Å². The van der Waals surface area contributed by atoms with Gasteiger partial charge in [0.2, 0.25) is 0 Å². The van der Waals surface area contributed by atoms with Crippen molar-refractivity contribution in [3.63, 3.8) is 0 Å². The Labute approximate surface area is 159 Å². The molecule has 1 fully saturated rings. The predicted octanol–water partition coefficient (Wildman–Crippen LogP) is 3.22. The van der Waals surface area contributed by atoms with Crippen LogP contribution in [0.4, 0.5) is 9.59 Å². The highest BCUT2D eigenvalue weighted by Crippen LogP contribution is 2.17. The fourth-order valence-corrected chi connectivity index (χ4v) is 2.60. The molecular formula is C20H26N2O5. The lowest BCUT2D eigenvalue weighted by atomic mass is 10.2. The zero-order valence-electron chi connectivity index (χ0n) is 15.9. The Morgan fingerprint density at radius 2 is 2.00 bits per heavy atom. The normalized spacial score (nSPS) is 19.0. The van der Waals surface area contributed by atoms with Crippen LogP contribution in [0.1, 0.15) is 26.3 Å². The summed E-state index contributed by atoms with van der Waals surface area (Å²) >= 11 is 0. The monoisotopic (exact) mass is 374 g/mol. The Bertz CT molecular complexity index is 692. The first-order valence-electron chi connectivity index (χ1n) is 8.73. The van der Waals surface area contributed by atoms with Crippen LogP contribution in [0.2, 0.25) is 0 Å². The maximum atomic E-state index is 12.4. The second-order valence-electron chi connectivity index (χ2n) is 7.19. The lowest BCUT2D eigenvalue weighted by Gasteiger charge is -2.23. The Balaban J connectivity index is 1.95. The molecule has 7 nitrogen and oxygen atoms in total. The molecule has 0 unspecified atom stereocenters. The molecule has 2 amide bonds. The maximum absolute atomic E-state index is 12.4. The third-order valence-electron chi connectivity index (χ3n) is 3.76. The molecule has 1 N–H and O–H groups in total. The molecule has 1 aliphatic rings. The quantitative estimate of drug-likeness (QED) is 0.633. The van der Waals surface area contributed by atoms with E-state index in [0.29, 0.717) is 0 Å².